The maximum Gasteiger partial charge on any atom is 0.310 e. The van der Waals surface area contributed by atoms with Crippen molar-refractivity contribution in [1.82, 2.24) is 0 Å². The van der Waals surface area contributed by atoms with Crippen molar-refractivity contribution < 1.29 is 19.1 Å². The average molecular weight is 409 g/mol. The molecule has 0 aliphatic heterocycles. The molecular formula is C21H28O4S2. The van der Waals surface area contributed by atoms with Crippen molar-refractivity contribution in [2.75, 3.05) is 25.7 Å². The largest absolute Gasteiger partial charge is 0.465 e. The topological polar surface area (TPSA) is 52.6 Å². The molecule has 0 bridgehead atoms. The zero-order valence-corrected chi connectivity index (χ0v) is 17.6. The minimum absolute atomic E-state index is 0.254. The Morgan fingerprint density at radius 3 is 1.33 bits per heavy atom. The van der Waals surface area contributed by atoms with Crippen LogP contribution in [-0.4, -0.2) is 37.7 Å². The minimum atomic E-state index is -0.271. The zero-order chi connectivity index (χ0) is 20.3. The predicted octanol–water partition coefficient (Wildman–Crippen LogP) is 4.04. The summed E-state index contributed by atoms with van der Waals surface area (Å²) < 4.78 is 10.2. The summed E-state index contributed by atoms with van der Waals surface area (Å²) in [5.41, 5.74) is 1.85. The summed E-state index contributed by atoms with van der Waals surface area (Å²) in [6.07, 6.45) is 4.41. The van der Waals surface area contributed by atoms with Gasteiger partial charge in [0.1, 0.15) is 0 Å². The standard InChI is InChI=1S/C19H20O4.2CH4S/c20-18(14-16-8-3-1-4-9-16)22-12-7-13-23-19(21)15-17-10-5-2-6-11-17;2*1-2/h1-6,8-11H,7,12-15H2;2*2H,1H3. The lowest BCUT2D eigenvalue weighted by Crippen LogP contribution is -2.13. The number of hydrogen-bond acceptors (Lipinski definition) is 6. The van der Waals surface area contributed by atoms with Crippen LogP contribution in [0.1, 0.15) is 17.5 Å². The Hall–Kier alpha value is -1.92. The molecule has 0 saturated carbocycles. The lowest BCUT2D eigenvalue weighted by Gasteiger charge is -2.06. The fourth-order valence-electron chi connectivity index (χ4n) is 2.06. The Bertz CT molecular complexity index is 563. The molecular weight excluding hydrogens is 380 g/mol. The summed E-state index contributed by atoms with van der Waals surface area (Å²) in [6, 6.07) is 18.9. The van der Waals surface area contributed by atoms with Gasteiger partial charge in [0.25, 0.3) is 0 Å². The number of thiol groups is 2. The van der Waals surface area contributed by atoms with Gasteiger partial charge in [0.2, 0.25) is 0 Å². The fourth-order valence-corrected chi connectivity index (χ4v) is 2.06. The zero-order valence-electron chi connectivity index (χ0n) is 15.8. The first-order valence-electron chi connectivity index (χ1n) is 8.52. The van der Waals surface area contributed by atoms with Crippen LogP contribution in [0, 0.1) is 0 Å². The van der Waals surface area contributed by atoms with Crippen LogP contribution >= 0.6 is 25.3 Å². The van der Waals surface area contributed by atoms with Crippen molar-refractivity contribution in [3.63, 3.8) is 0 Å². The van der Waals surface area contributed by atoms with E-state index in [1.807, 2.05) is 60.7 Å². The first-order valence-corrected chi connectivity index (χ1v) is 10.3. The van der Waals surface area contributed by atoms with Crippen LogP contribution in [-0.2, 0) is 31.9 Å². The number of carbonyl (C=O) groups is 2. The van der Waals surface area contributed by atoms with Crippen molar-refractivity contribution in [2.45, 2.75) is 19.3 Å². The number of ether oxygens (including phenoxy) is 2. The molecule has 0 spiro atoms. The Balaban J connectivity index is 0.00000158. The molecule has 0 aliphatic rings. The Kier molecular flexibility index (Phi) is 16.2. The quantitative estimate of drug-likeness (QED) is 0.393. The van der Waals surface area contributed by atoms with Crippen LogP contribution in [0.25, 0.3) is 0 Å². The number of benzene rings is 2. The summed E-state index contributed by atoms with van der Waals surface area (Å²) in [4.78, 5) is 23.2. The molecule has 2 aromatic carbocycles. The second kappa shape index (κ2) is 17.5. The highest BCUT2D eigenvalue weighted by Crippen LogP contribution is 2.02. The Morgan fingerprint density at radius 1 is 0.667 bits per heavy atom. The summed E-state index contributed by atoms with van der Waals surface area (Å²) in [6.45, 7) is 0.508. The van der Waals surface area contributed by atoms with Crippen molar-refractivity contribution in [1.29, 1.82) is 0 Å². The second-order valence-corrected chi connectivity index (χ2v) is 5.12. The van der Waals surface area contributed by atoms with Gasteiger partial charge in [-0.3, -0.25) is 9.59 Å². The van der Waals surface area contributed by atoms with E-state index in [1.54, 1.807) is 12.5 Å². The van der Waals surface area contributed by atoms with E-state index in [1.165, 1.54) is 0 Å². The molecule has 0 saturated heterocycles. The highest BCUT2D eigenvalue weighted by Gasteiger charge is 2.06. The van der Waals surface area contributed by atoms with Gasteiger partial charge in [0.05, 0.1) is 26.1 Å². The number of hydrogen-bond donors (Lipinski definition) is 2. The van der Waals surface area contributed by atoms with Crippen molar-refractivity contribution >= 4 is 37.2 Å². The van der Waals surface area contributed by atoms with E-state index in [-0.39, 0.29) is 38.0 Å². The van der Waals surface area contributed by atoms with Gasteiger partial charge in [-0.25, -0.2) is 0 Å². The molecule has 2 aromatic rings. The summed E-state index contributed by atoms with van der Waals surface area (Å²) in [5.74, 6) is -0.543. The fraction of sp³-hybridized carbons (Fsp3) is 0.333. The molecule has 2 rings (SSSR count). The first kappa shape index (κ1) is 25.1. The molecule has 0 N–H and O–H groups in total. The molecule has 0 aromatic heterocycles. The monoisotopic (exact) mass is 408 g/mol. The van der Waals surface area contributed by atoms with Crippen molar-refractivity contribution in [3.8, 4) is 0 Å². The highest BCUT2D eigenvalue weighted by atomic mass is 32.1. The summed E-state index contributed by atoms with van der Waals surface area (Å²) in [5, 5.41) is 0. The third-order valence-electron chi connectivity index (χ3n) is 3.20. The van der Waals surface area contributed by atoms with Gasteiger partial charge in [0.15, 0.2) is 0 Å². The molecule has 0 aliphatic carbocycles. The van der Waals surface area contributed by atoms with Crippen LogP contribution < -0.4 is 0 Å². The number of carbonyl (C=O) groups excluding carboxylic acids is 2. The number of esters is 2. The smallest absolute Gasteiger partial charge is 0.310 e. The summed E-state index contributed by atoms with van der Waals surface area (Å²) >= 11 is 7.06. The summed E-state index contributed by atoms with van der Waals surface area (Å²) in [7, 11) is 0. The van der Waals surface area contributed by atoms with E-state index in [9.17, 15) is 9.59 Å². The van der Waals surface area contributed by atoms with E-state index in [2.05, 4.69) is 25.3 Å². The molecule has 0 atom stereocenters. The van der Waals surface area contributed by atoms with E-state index in [0.717, 1.165) is 11.1 Å². The number of rotatable bonds is 8. The molecule has 0 unspecified atom stereocenters. The molecule has 148 valence electrons. The Morgan fingerprint density at radius 2 is 1.00 bits per heavy atom. The van der Waals surface area contributed by atoms with Crippen LogP contribution in [0.3, 0.4) is 0 Å². The molecule has 27 heavy (non-hydrogen) atoms. The van der Waals surface area contributed by atoms with Crippen molar-refractivity contribution in [2.24, 2.45) is 0 Å². The van der Waals surface area contributed by atoms with Crippen LogP contribution in [0.5, 0.6) is 0 Å². The molecule has 4 nitrogen and oxygen atoms in total. The maximum atomic E-state index is 11.6. The second-order valence-electron chi connectivity index (χ2n) is 5.12. The van der Waals surface area contributed by atoms with Crippen LogP contribution in [0.2, 0.25) is 0 Å². The van der Waals surface area contributed by atoms with Gasteiger partial charge in [-0.05, 0) is 23.6 Å². The molecule has 6 heteroatoms. The third-order valence-corrected chi connectivity index (χ3v) is 3.20. The highest BCUT2D eigenvalue weighted by molar-refractivity contribution is 7.79. The normalized spacial score (nSPS) is 9.04. The van der Waals surface area contributed by atoms with Gasteiger partial charge < -0.3 is 9.47 Å². The van der Waals surface area contributed by atoms with Gasteiger partial charge in [-0.15, -0.1) is 0 Å². The average Bonchev–Trinajstić information content (AvgIpc) is 2.72. The van der Waals surface area contributed by atoms with Crippen LogP contribution in [0.4, 0.5) is 0 Å². The SMILES string of the molecule is CS.CS.O=C(Cc1ccccc1)OCCCOC(=O)Cc1ccccc1. The first-order chi connectivity index (χ1) is 13.2. The van der Waals surface area contributed by atoms with Crippen LogP contribution in [0.15, 0.2) is 60.7 Å². The molecule has 0 radical (unpaired) electrons. The van der Waals surface area contributed by atoms with Gasteiger partial charge >= 0.3 is 11.9 Å². The lowest BCUT2D eigenvalue weighted by molar-refractivity contribution is -0.145. The lowest BCUT2D eigenvalue weighted by atomic mass is 10.2. The molecule has 0 amide bonds. The third kappa shape index (κ3) is 13.0. The predicted molar refractivity (Wildman–Crippen MR) is 117 cm³/mol. The van der Waals surface area contributed by atoms with Gasteiger partial charge in [-0.2, -0.15) is 25.3 Å². The van der Waals surface area contributed by atoms with Gasteiger partial charge in [-0.1, -0.05) is 60.7 Å². The van der Waals surface area contributed by atoms with E-state index < -0.39 is 0 Å². The van der Waals surface area contributed by atoms with E-state index in [4.69, 9.17) is 9.47 Å². The van der Waals surface area contributed by atoms with Crippen molar-refractivity contribution in [3.05, 3.63) is 71.8 Å². The minimum Gasteiger partial charge on any atom is -0.465 e. The molecule has 0 heterocycles. The Labute approximate surface area is 173 Å². The molecule has 0 fully saturated rings. The maximum absolute atomic E-state index is 11.6. The van der Waals surface area contributed by atoms with Gasteiger partial charge in [0, 0.05) is 6.42 Å². The van der Waals surface area contributed by atoms with E-state index in [0.29, 0.717) is 6.42 Å². The van der Waals surface area contributed by atoms with E-state index >= 15 is 0 Å².